The number of sulfonamides is 1. The zero-order valence-electron chi connectivity index (χ0n) is 13.0. The lowest BCUT2D eigenvalue weighted by Gasteiger charge is -2.17. The largest absolute Gasteiger partial charge is 0.382 e. The Balaban J connectivity index is 2.03. The van der Waals surface area contributed by atoms with Gasteiger partial charge in [-0.15, -0.1) is 0 Å². The SMILES string of the molecule is CCOCCCNC(=O)c1ccc2c(c1)N(S(C)(=O)=O)CC2. The van der Waals surface area contributed by atoms with Crippen LogP contribution >= 0.6 is 0 Å². The van der Waals surface area contributed by atoms with Gasteiger partial charge < -0.3 is 10.1 Å². The Morgan fingerprint density at radius 2 is 2.18 bits per heavy atom. The first-order valence-corrected chi connectivity index (χ1v) is 9.25. The van der Waals surface area contributed by atoms with Crippen molar-refractivity contribution in [3.05, 3.63) is 29.3 Å². The van der Waals surface area contributed by atoms with Gasteiger partial charge >= 0.3 is 0 Å². The van der Waals surface area contributed by atoms with E-state index in [2.05, 4.69) is 5.32 Å². The van der Waals surface area contributed by atoms with Crippen LogP contribution in [0, 0.1) is 0 Å². The number of fused-ring (bicyclic) bond motifs is 1. The molecule has 122 valence electrons. The fourth-order valence-electron chi connectivity index (χ4n) is 2.46. The standard InChI is InChI=1S/C15H22N2O4S/c1-3-21-10-4-8-16-15(18)13-6-5-12-7-9-17(14(12)11-13)22(2,19)20/h5-6,11H,3-4,7-10H2,1-2H3,(H,16,18). The molecule has 7 heteroatoms. The number of carbonyl (C=O) groups excluding carboxylic acids is 1. The fraction of sp³-hybridized carbons (Fsp3) is 0.533. The molecular formula is C15H22N2O4S. The van der Waals surface area contributed by atoms with Crippen LogP contribution in [0.2, 0.25) is 0 Å². The lowest BCUT2D eigenvalue weighted by molar-refractivity contribution is 0.0944. The smallest absolute Gasteiger partial charge is 0.251 e. The van der Waals surface area contributed by atoms with Crippen molar-refractivity contribution in [3.8, 4) is 0 Å². The van der Waals surface area contributed by atoms with Crippen molar-refractivity contribution in [1.82, 2.24) is 5.32 Å². The van der Waals surface area contributed by atoms with E-state index in [-0.39, 0.29) is 5.91 Å². The van der Waals surface area contributed by atoms with Crippen LogP contribution in [0.1, 0.15) is 29.3 Å². The van der Waals surface area contributed by atoms with Gasteiger partial charge in [-0.3, -0.25) is 9.10 Å². The highest BCUT2D eigenvalue weighted by molar-refractivity contribution is 7.92. The third kappa shape index (κ3) is 3.98. The van der Waals surface area contributed by atoms with E-state index in [4.69, 9.17) is 4.74 Å². The minimum Gasteiger partial charge on any atom is -0.382 e. The van der Waals surface area contributed by atoms with Gasteiger partial charge in [0.05, 0.1) is 11.9 Å². The summed E-state index contributed by atoms with van der Waals surface area (Å²) in [7, 11) is -3.30. The second-order valence-electron chi connectivity index (χ2n) is 5.23. The Labute approximate surface area is 131 Å². The molecule has 1 aromatic carbocycles. The van der Waals surface area contributed by atoms with Gasteiger partial charge in [-0.1, -0.05) is 6.07 Å². The molecule has 0 spiro atoms. The summed E-state index contributed by atoms with van der Waals surface area (Å²) in [4.78, 5) is 12.1. The number of rotatable bonds is 7. The Bertz CT molecular complexity index is 643. The van der Waals surface area contributed by atoms with Gasteiger partial charge in [-0.05, 0) is 37.5 Å². The summed E-state index contributed by atoms with van der Waals surface area (Å²) in [6.45, 7) is 4.18. The molecule has 1 heterocycles. The molecule has 0 atom stereocenters. The normalized spacial score (nSPS) is 14.0. The molecule has 22 heavy (non-hydrogen) atoms. The molecule has 0 bridgehead atoms. The predicted octanol–water partition coefficient (Wildman–Crippen LogP) is 1.17. The molecule has 1 N–H and O–H groups in total. The van der Waals surface area contributed by atoms with Crippen molar-refractivity contribution in [2.45, 2.75) is 19.8 Å². The highest BCUT2D eigenvalue weighted by Gasteiger charge is 2.26. The number of ether oxygens (including phenoxy) is 1. The van der Waals surface area contributed by atoms with E-state index in [1.165, 1.54) is 10.6 Å². The molecule has 0 aromatic heterocycles. The van der Waals surface area contributed by atoms with Crippen LogP contribution < -0.4 is 9.62 Å². The van der Waals surface area contributed by atoms with Gasteiger partial charge in [0.15, 0.2) is 0 Å². The Morgan fingerprint density at radius 3 is 2.86 bits per heavy atom. The highest BCUT2D eigenvalue weighted by Crippen LogP contribution is 2.30. The summed E-state index contributed by atoms with van der Waals surface area (Å²) in [5.41, 5.74) is 2.05. The van der Waals surface area contributed by atoms with E-state index in [1.54, 1.807) is 12.1 Å². The molecule has 1 aliphatic rings. The summed E-state index contributed by atoms with van der Waals surface area (Å²) in [5.74, 6) is -0.195. The number of carbonyl (C=O) groups is 1. The first kappa shape index (κ1) is 16.8. The molecule has 6 nitrogen and oxygen atoms in total. The molecular weight excluding hydrogens is 304 g/mol. The molecule has 1 amide bonds. The Hall–Kier alpha value is -1.60. The molecule has 0 radical (unpaired) electrons. The second-order valence-corrected chi connectivity index (χ2v) is 7.14. The van der Waals surface area contributed by atoms with E-state index in [1.807, 2.05) is 13.0 Å². The van der Waals surface area contributed by atoms with Crippen molar-refractivity contribution in [2.24, 2.45) is 0 Å². The fourth-order valence-corrected chi connectivity index (χ4v) is 3.41. The van der Waals surface area contributed by atoms with Gasteiger partial charge in [0, 0.05) is 31.9 Å². The van der Waals surface area contributed by atoms with Gasteiger partial charge in [-0.25, -0.2) is 8.42 Å². The summed E-state index contributed by atoms with van der Waals surface area (Å²) in [5, 5.41) is 2.82. The Kier molecular flexibility index (Phi) is 5.42. The van der Waals surface area contributed by atoms with E-state index in [0.717, 1.165) is 12.0 Å². The molecule has 0 unspecified atom stereocenters. The van der Waals surface area contributed by atoms with Crippen LogP contribution in [0.5, 0.6) is 0 Å². The number of anilines is 1. The maximum absolute atomic E-state index is 12.1. The van der Waals surface area contributed by atoms with Crippen molar-refractivity contribution in [1.29, 1.82) is 0 Å². The first-order chi connectivity index (χ1) is 10.4. The maximum Gasteiger partial charge on any atom is 0.251 e. The average Bonchev–Trinajstić information content (AvgIpc) is 2.89. The molecule has 1 aromatic rings. The maximum atomic E-state index is 12.1. The number of amides is 1. The van der Waals surface area contributed by atoms with E-state index in [9.17, 15) is 13.2 Å². The zero-order valence-corrected chi connectivity index (χ0v) is 13.8. The Morgan fingerprint density at radius 1 is 1.41 bits per heavy atom. The van der Waals surface area contributed by atoms with Crippen LogP contribution in [0.3, 0.4) is 0 Å². The zero-order chi connectivity index (χ0) is 16.2. The third-order valence-electron chi connectivity index (χ3n) is 3.56. The minimum atomic E-state index is -3.30. The first-order valence-electron chi connectivity index (χ1n) is 7.40. The van der Waals surface area contributed by atoms with Crippen molar-refractivity contribution in [3.63, 3.8) is 0 Å². The van der Waals surface area contributed by atoms with Crippen molar-refractivity contribution in [2.75, 3.05) is 36.9 Å². The van der Waals surface area contributed by atoms with Crippen molar-refractivity contribution < 1.29 is 17.9 Å². The number of benzene rings is 1. The molecule has 0 saturated carbocycles. The van der Waals surface area contributed by atoms with Gasteiger partial charge in [0.1, 0.15) is 0 Å². The predicted molar refractivity (Wildman–Crippen MR) is 85.8 cm³/mol. The monoisotopic (exact) mass is 326 g/mol. The van der Waals surface area contributed by atoms with Crippen molar-refractivity contribution >= 4 is 21.6 Å². The number of hydrogen-bond donors (Lipinski definition) is 1. The number of nitrogens with one attached hydrogen (secondary N) is 1. The molecule has 0 saturated heterocycles. The quantitative estimate of drug-likeness (QED) is 0.763. The van der Waals surface area contributed by atoms with Gasteiger partial charge in [0.2, 0.25) is 10.0 Å². The second kappa shape index (κ2) is 7.11. The highest BCUT2D eigenvalue weighted by atomic mass is 32.2. The third-order valence-corrected chi connectivity index (χ3v) is 4.74. The summed E-state index contributed by atoms with van der Waals surface area (Å²) in [6, 6.07) is 5.22. The van der Waals surface area contributed by atoms with Gasteiger partial charge in [-0.2, -0.15) is 0 Å². The molecule has 0 aliphatic carbocycles. The van der Waals surface area contributed by atoms with Crippen LogP contribution in [0.15, 0.2) is 18.2 Å². The van der Waals surface area contributed by atoms with E-state index < -0.39 is 10.0 Å². The van der Waals surface area contributed by atoms with Crippen LogP contribution in [-0.4, -0.2) is 46.9 Å². The van der Waals surface area contributed by atoms with Crippen LogP contribution in [0.4, 0.5) is 5.69 Å². The van der Waals surface area contributed by atoms with E-state index in [0.29, 0.717) is 44.0 Å². The molecule has 0 fully saturated rings. The van der Waals surface area contributed by atoms with E-state index >= 15 is 0 Å². The molecule has 1 aliphatic heterocycles. The number of nitrogens with zero attached hydrogens (tertiary/aromatic N) is 1. The topological polar surface area (TPSA) is 75.7 Å². The minimum absolute atomic E-state index is 0.195. The van der Waals surface area contributed by atoms with Gasteiger partial charge in [0.25, 0.3) is 5.91 Å². The summed E-state index contributed by atoms with van der Waals surface area (Å²) < 4.78 is 30.1. The van der Waals surface area contributed by atoms with Crippen LogP contribution in [0.25, 0.3) is 0 Å². The number of hydrogen-bond acceptors (Lipinski definition) is 4. The summed E-state index contributed by atoms with van der Waals surface area (Å²) >= 11 is 0. The lowest BCUT2D eigenvalue weighted by Crippen LogP contribution is -2.28. The molecule has 2 rings (SSSR count). The lowest BCUT2D eigenvalue weighted by atomic mass is 10.1. The summed E-state index contributed by atoms with van der Waals surface area (Å²) in [6.07, 6.45) is 2.61. The van der Waals surface area contributed by atoms with Crippen LogP contribution in [-0.2, 0) is 21.2 Å². The average molecular weight is 326 g/mol.